The van der Waals surface area contributed by atoms with Gasteiger partial charge in [0.2, 0.25) is 0 Å². The van der Waals surface area contributed by atoms with E-state index < -0.39 is 0 Å². The molecule has 0 amide bonds. The van der Waals surface area contributed by atoms with Crippen LogP contribution in [0, 0.1) is 0 Å². The van der Waals surface area contributed by atoms with E-state index in [4.69, 9.17) is 10.5 Å². The minimum Gasteiger partial charge on any atom is -0.378 e. The number of pyridine rings is 1. The summed E-state index contributed by atoms with van der Waals surface area (Å²) < 4.78 is 5.25. The van der Waals surface area contributed by atoms with Crippen LogP contribution in [0.4, 0.5) is 0 Å². The summed E-state index contributed by atoms with van der Waals surface area (Å²) in [5.41, 5.74) is 6.96. The van der Waals surface area contributed by atoms with Crippen molar-refractivity contribution in [1.82, 2.24) is 9.88 Å². The fourth-order valence-electron chi connectivity index (χ4n) is 1.56. The summed E-state index contributed by atoms with van der Waals surface area (Å²) in [5, 5.41) is 0. The Kier molecular flexibility index (Phi) is 6.20. The third-order valence-electron chi connectivity index (χ3n) is 2.48. The standard InChI is InChI=1S/C11H16N4O.HI/c12-11(15-4-6-16-7-5-15)14-9-10-2-1-3-13-8-10;/h1-3,8H,4-7,9H2,(H2,12,14);1H. The van der Waals surface area contributed by atoms with E-state index in [0.717, 1.165) is 31.9 Å². The first-order chi connectivity index (χ1) is 7.86. The second-order valence-corrected chi connectivity index (χ2v) is 3.64. The molecule has 1 aliphatic rings. The molecule has 0 saturated carbocycles. The van der Waals surface area contributed by atoms with Crippen LogP contribution in [0.3, 0.4) is 0 Å². The van der Waals surface area contributed by atoms with Crippen LogP contribution in [0.1, 0.15) is 5.56 Å². The SMILES string of the molecule is I.NC(=NCc1cccnc1)N1CCOCC1. The molecule has 1 aromatic heterocycles. The minimum atomic E-state index is 0. The summed E-state index contributed by atoms with van der Waals surface area (Å²) in [4.78, 5) is 10.4. The van der Waals surface area contributed by atoms with E-state index in [1.165, 1.54) is 0 Å². The lowest BCUT2D eigenvalue weighted by atomic mass is 10.3. The predicted octanol–water partition coefficient (Wildman–Crippen LogP) is 0.847. The molecule has 17 heavy (non-hydrogen) atoms. The topological polar surface area (TPSA) is 63.7 Å². The van der Waals surface area contributed by atoms with Crippen molar-refractivity contribution in [2.24, 2.45) is 10.7 Å². The largest absolute Gasteiger partial charge is 0.378 e. The average Bonchev–Trinajstić information content (AvgIpc) is 2.38. The van der Waals surface area contributed by atoms with Crippen molar-refractivity contribution in [1.29, 1.82) is 0 Å². The maximum Gasteiger partial charge on any atom is 0.191 e. The summed E-state index contributed by atoms with van der Waals surface area (Å²) in [6.45, 7) is 3.67. The number of nitrogens with two attached hydrogens (primary N) is 1. The maximum absolute atomic E-state index is 5.90. The van der Waals surface area contributed by atoms with Gasteiger partial charge in [0.05, 0.1) is 19.8 Å². The number of ether oxygens (including phenoxy) is 1. The van der Waals surface area contributed by atoms with Crippen molar-refractivity contribution in [3.63, 3.8) is 0 Å². The summed E-state index contributed by atoms with van der Waals surface area (Å²) in [7, 11) is 0. The highest BCUT2D eigenvalue weighted by Crippen LogP contribution is 2.00. The molecule has 0 bridgehead atoms. The van der Waals surface area contributed by atoms with Crippen LogP contribution in [0.2, 0.25) is 0 Å². The Bertz CT molecular complexity index is 352. The number of halogens is 1. The highest BCUT2D eigenvalue weighted by atomic mass is 127. The molecule has 6 heteroatoms. The molecule has 0 atom stereocenters. The first-order valence-corrected chi connectivity index (χ1v) is 5.38. The second kappa shape index (κ2) is 7.44. The van der Waals surface area contributed by atoms with E-state index in [0.29, 0.717) is 12.5 Å². The Balaban J connectivity index is 0.00000144. The Morgan fingerprint density at radius 3 is 2.88 bits per heavy atom. The lowest BCUT2D eigenvalue weighted by molar-refractivity contribution is 0.0674. The molecule has 1 aromatic rings. The summed E-state index contributed by atoms with van der Waals surface area (Å²) in [6, 6.07) is 3.89. The van der Waals surface area contributed by atoms with Gasteiger partial charge in [0.15, 0.2) is 5.96 Å². The van der Waals surface area contributed by atoms with Gasteiger partial charge >= 0.3 is 0 Å². The first kappa shape index (κ1) is 14.2. The van der Waals surface area contributed by atoms with Crippen molar-refractivity contribution in [3.05, 3.63) is 30.1 Å². The molecule has 94 valence electrons. The molecule has 1 aliphatic heterocycles. The number of rotatable bonds is 2. The fraction of sp³-hybridized carbons (Fsp3) is 0.455. The van der Waals surface area contributed by atoms with Gasteiger partial charge in [-0.3, -0.25) is 4.98 Å². The van der Waals surface area contributed by atoms with Crippen LogP contribution in [-0.2, 0) is 11.3 Å². The van der Waals surface area contributed by atoms with Crippen LogP contribution in [0.5, 0.6) is 0 Å². The number of hydrogen-bond acceptors (Lipinski definition) is 3. The van der Waals surface area contributed by atoms with Crippen molar-refractivity contribution >= 4 is 29.9 Å². The molecule has 0 spiro atoms. The number of hydrogen-bond donors (Lipinski definition) is 1. The molecular formula is C11H17IN4O. The third kappa shape index (κ3) is 4.47. The predicted molar refractivity (Wildman–Crippen MR) is 77.4 cm³/mol. The molecule has 0 radical (unpaired) electrons. The Morgan fingerprint density at radius 2 is 2.24 bits per heavy atom. The third-order valence-corrected chi connectivity index (χ3v) is 2.48. The van der Waals surface area contributed by atoms with Gasteiger partial charge in [-0.05, 0) is 11.6 Å². The zero-order valence-electron chi connectivity index (χ0n) is 9.58. The summed E-state index contributed by atoms with van der Waals surface area (Å²) >= 11 is 0. The van der Waals surface area contributed by atoms with Gasteiger partial charge in [0, 0.05) is 25.5 Å². The number of nitrogens with zero attached hydrogens (tertiary/aromatic N) is 3. The normalized spacial score (nSPS) is 16.5. The number of guanidine groups is 1. The summed E-state index contributed by atoms with van der Waals surface area (Å²) in [5.74, 6) is 0.590. The molecule has 2 N–H and O–H groups in total. The van der Waals surface area contributed by atoms with Crippen LogP contribution < -0.4 is 5.73 Å². The smallest absolute Gasteiger partial charge is 0.191 e. The van der Waals surface area contributed by atoms with Crippen LogP contribution >= 0.6 is 24.0 Å². The van der Waals surface area contributed by atoms with Crippen molar-refractivity contribution in [2.75, 3.05) is 26.3 Å². The van der Waals surface area contributed by atoms with E-state index in [9.17, 15) is 0 Å². The first-order valence-electron chi connectivity index (χ1n) is 5.38. The molecule has 1 saturated heterocycles. The molecule has 2 heterocycles. The van der Waals surface area contributed by atoms with E-state index in [1.54, 1.807) is 12.4 Å². The number of morpholine rings is 1. The van der Waals surface area contributed by atoms with Gasteiger partial charge in [-0.25, -0.2) is 4.99 Å². The van der Waals surface area contributed by atoms with Crippen molar-refractivity contribution in [2.45, 2.75) is 6.54 Å². The quantitative estimate of drug-likeness (QED) is 0.489. The number of aliphatic imine (C=N–C) groups is 1. The Labute approximate surface area is 118 Å². The lowest BCUT2D eigenvalue weighted by Gasteiger charge is -2.27. The van der Waals surface area contributed by atoms with Gasteiger partial charge in [-0.15, -0.1) is 24.0 Å². The molecular weight excluding hydrogens is 331 g/mol. The minimum absolute atomic E-state index is 0. The second-order valence-electron chi connectivity index (χ2n) is 3.64. The maximum atomic E-state index is 5.90. The van der Waals surface area contributed by atoms with Crippen molar-refractivity contribution < 1.29 is 4.74 Å². The fourth-order valence-corrected chi connectivity index (χ4v) is 1.56. The van der Waals surface area contributed by atoms with Crippen molar-refractivity contribution in [3.8, 4) is 0 Å². The van der Waals surface area contributed by atoms with E-state index >= 15 is 0 Å². The monoisotopic (exact) mass is 348 g/mol. The molecule has 1 fully saturated rings. The van der Waals surface area contributed by atoms with E-state index in [1.807, 2.05) is 17.0 Å². The number of aromatic nitrogens is 1. The molecule has 0 aliphatic carbocycles. The van der Waals surface area contributed by atoms with Gasteiger partial charge in [-0.2, -0.15) is 0 Å². The molecule has 2 rings (SSSR count). The van der Waals surface area contributed by atoms with Gasteiger partial charge in [0.1, 0.15) is 0 Å². The average molecular weight is 348 g/mol. The zero-order valence-corrected chi connectivity index (χ0v) is 11.9. The highest BCUT2D eigenvalue weighted by Gasteiger charge is 2.11. The van der Waals surface area contributed by atoms with E-state index in [-0.39, 0.29) is 24.0 Å². The molecule has 0 unspecified atom stereocenters. The van der Waals surface area contributed by atoms with Gasteiger partial charge in [0.25, 0.3) is 0 Å². The Morgan fingerprint density at radius 1 is 1.47 bits per heavy atom. The lowest BCUT2D eigenvalue weighted by Crippen LogP contribution is -2.44. The molecule has 0 aromatic carbocycles. The van der Waals surface area contributed by atoms with Crippen LogP contribution in [0.15, 0.2) is 29.5 Å². The summed E-state index contributed by atoms with van der Waals surface area (Å²) in [6.07, 6.45) is 3.55. The van der Waals surface area contributed by atoms with Gasteiger partial charge in [-0.1, -0.05) is 6.07 Å². The zero-order chi connectivity index (χ0) is 11.2. The highest BCUT2D eigenvalue weighted by molar-refractivity contribution is 14.0. The van der Waals surface area contributed by atoms with Crippen LogP contribution in [-0.4, -0.2) is 42.1 Å². The van der Waals surface area contributed by atoms with E-state index in [2.05, 4.69) is 9.98 Å². The molecule has 5 nitrogen and oxygen atoms in total. The Hall–Kier alpha value is -0.890. The van der Waals surface area contributed by atoms with Gasteiger partial charge < -0.3 is 15.4 Å². The van der Waals surface area contributed by atoms with Crippen LogP contribution in [0.25, 0.3) is 0 Å².